The molecule has 0 fully saturated rings. The molecule has 0 aromatic rings. The molecule has 15 heteroatoms. The van der Waals surface area contributed by atoms with Gasteiger partial charge in [0.1, 0.15) is 0 Å². The first-order chi connectivity index (χ1) is 6.93. The summed E-state index contributed by atoms with van der Waals surface area (Å²) < 4.78 is 0. The summed E-state index contributed by atoms with van der Waals surface area (Å²) in [6.07, 6.45) is -9.33. The third-order valence-corrected chi connectivity index (χ3v) is 0. The van der Waals surface area contributed by atoms with Crippen LogP contribution < -0.4 is 40.9 Å². The van der Waals surface area contributed by atoms with Gasteiger partial charge in [-0.05, 0) is 24.6 Å². The number of carboxylic acid groups (broad SMARTS) is 8. The predicted molar refractivity (Wildman–Crippen MR) is 27.3 cm³/mol. The van der Waals surface area contributed by atoms with Crippen molar-refractivity contribution in [3.63, 3.8) is 0 Å². The molecular formula is C4DyEuO12Sr. The summed E-state index contributed by atoms with van der Waals surface area (Å²) in [4.78, 5) is 33.3. The topological polar surface area (TPSA) is 253 Å². The fourth-order valence-electron chi connectivity index (χ4n) is 0. The summed E-state index contributed by atoms with van der Waals surface area (Å²) in [6.45, 7) is 0. The molecule has 0 saturated heterocycles. The summed E-state index contributed by atoms with van der Waals surface area (Å²) in [5.41, 5.74) is 0. The summed E-state index contributed by atoms with van der Waals surface area (Å²) in [5.74, 6) is 0. The van der Waals surface area contributed by atoms with Gasteiger partial charge < -0.3 is 60.0 Å². The number of carbonyl (C=O) groups excluding carboxylic acids is 4. The van der Waals surface area contributed by atoms with Gasteiger partial charge >= 0.3 is 133 Å². The first-order valence-electron chi connectivity index (χ1n) is 2.45. The summed E-state index contributed by atoms with van der Waals surface area (Å²) in [6, 6.07) is 0. The minimum Gasteiger partial charge on any atom is -0.652 e. The molecule has 0 N–H and O–H groups in total. The number of hydrogen-bond donors (Lipinski definition) is 0. The second kappa shape index (κ2) is 36.6. The van der Waals surface area contributed by atoms with E-state index in [1.54, 1.807) is 0 Å². The zero-order valence-corrected chi connectivity index (χ0v) is 16.2. The first kappa shape index (κ1) is 42.8. The Morgan fingerprint density at radius 2 is 0.474 bits per heavy atom. The number of rotatable bonds is 0. The SMILES string of the molecule is O=C([O-])[O-].O=C([O-])[O-].O=C([O-])[O-].O=C([O-])[O-].[Dy+3].[Eu+3].[Sr+2]. The fourth-order valence-corrected chi connectivity index (χ4v) is 0. The van der Waals surface area contributed by atoms with E-state index in [9.17, 15) is 0 Å². The van der Waals surface area contributed by atoms with Crippen LogP contribution in [-0.4, -0.2) is 70.1 Å². The molecule has 0 aliphatic rings. The number of hydrogen-bond acceptors (Lipinski definition) is 12. The van der Waals surface area contributed by atoms with Gasteiger partial charge in [0.2, 0.25) is 0 Å². The molecule has 0 unspecified atom stereocenters. The van der Waals surface area contributed by atoms with Gasteiger partial charge in [-0.1, -0.05) is 0 Å². The molecule has 0 rings (SSSR count). The second-order valence-corrected chi connectivity index (χ2v) is 1.00. The molecule has 0 bridgehead atoms. The van der Waals surface area contributed by atoms with Gasteiger partial charge in [0, 0.05) is 0 Å². The zero-order valence-electron chi connectivity index (χ0n) is 8.30. The molecule has 0 aromatic carbocycles. The molecular weight excluding hydrogens is 642 g/mol. The maximum Gasteiger partial charge on any atom is 3.00 e. The zero-order chi connectivity index (χ0) is 14.3. The maximum absolute atomic E-state index is 8.33. The summed E-state index contributed by atoms with van der Waals surface area (Å²) in [7, 11) is 0. The van der Waals surface area contributed by atoms with E-state index in [2.05, 4.69) is 0 Å². The van der Waals surface area contributed by atoms with Gasteiger partial charge in [0.05, 0.1) is 0 Å². The third kappa shape index (κ3) is 2930. The van der Waals surface area contributed by atoms with Gasteiger partial charge in [0.25, 0.3) is 0 Å². The van der Waals surface area contributed by atoms with E-state index in [1.165, 1.54) is 0 Å². The van der Waals surface area contributed by atoms with Crippen molar-refractivity contribution in [2.75, 3.05) is 0 Å². The van der Waals surface area contributed by atoms with Gasteiger partial charge in [-0.25, -0.2) is 0 Å². The molecule has 0 spiro atoms. The molecule has 0 amide bonds. The molecule has 0 saturated carbocycles. The quantitative estimate of drug-likeness (QED) is 0.223. The molecule has 0 aliphatic heterocycles. The van der Waals surface area contributed by atoms with E-state index >= 15 is 0 Å². The number of carbonyl (C=O) groups is 4. The van der Waals surface area contributed by atoms with E-state index in [0.29, 0.717) is 0 Å². The van der Waals surface area contributed by atoms with Crippen molar-refractivity contribution in [1.29, 1.82) is 0 Å². The predicted octanol–water partition coefficient (Wildman–Crippen LogP) is -10.2. The van der Waals surface area contributed by atoms with Crippen molar-refractivity contribution < 1.29 is 148 Å². The van der Waals surface area contributed by atoms with E-state index in [4.69, 9.17) is 60.0 Å². The second-order valence-electron chi connectivity index (χ2n) is 1.00. The first-order valence-corrected chi connectivity index (χ1v) is 2.45. The van der Waals surface area contributed by atoms with Crippen LogP contribution >= 0.6 is 0 Å². The van der Waals surface area contributed by atoms with Crippen LogP contribution in [0.1, 0.15) is 0 Å². The van der Waals surface area contributed by atoms with Gasteiger partial charge in [0.15, 0.2) is 0 Å². The van der Waals surface area contributed by atoms with Crippen molar-refractivity contribution in [3.05, 3.63) is 0 Å². The molecule has 12 nitrogen and oxygen atoms in total. The third-order valence-electron chi connectivity index (χ3n) is 0. The average Bonchev–Trinajstić information content (AvgIpc) is 1.76. The molecule has 0 aliphatic carbocycles. The summed E-state index contributed by atoms with van der Waals surface area (Å²) in [5, 5.41) is 66.7. The van der Waals surface area contributed by atoms with Crippen molar-refractivity contribution in [1.82, 2.24) is 0 Å². The Balaban J connectivity index is -0.0000000192. The molecule has 1 radical (unpaired) electrons. The van der Waals surface area contributed by atoms with E-state index in [0.717, 1.165) is 0 Å². The van der Waals surface area contributed by atoms with Crippen LogP contribution in [0.4, 0.5) is 19.2 Å². The molecule has 19 heavy (non-hydrogen) atoms. The Bertz CT molecular complexity index is 170. The van der Waals surface area contributed by atoms with Crippen LogP contribution in [-0.2, 0) is 0 Å². The van der Waals surface area contributed by atoms with Crippen LogP contribution in [0.2, 0.25) is 0 Å². The molecule has 0 atom stereocenters. The normalized spacial score (nSPS) is 5.05. The average molecular weight is 642 g/mol. The monoisotopic (exact) mass is 645 g/mol. The van der Waals surface area contributed by atoms with Crippen molar-refractivity contribution >= 4 is 70.1 Å². The van der Waals surface area contributed by atoms with Crippen LogP contribution in [0.15, 0.2) is 0 Å². The molecule has 0 heterocycles. The fraction of sp³-hybridized carbons (Fsp3) is 0. The minimum absolute atomic E-state index is 0. The van der Waals surface area contributed by atoms with Crippen LogP contribution in [0, 0.1) is 87.6 Å². The standard InChI is InChI=1S/4CH2O3.Dy.Eu.Sr/c4*2-1(3)4;;;/h4*(H2,2,3,4);;;/q;;;;2*+3;+2/p-8. The van der Waals surface area contributed by atoms with Gasteiger partial charge in [-0.3, -0.25) is 0 Å². The Labute approximate surface area is 213 Å². The van der Waals surface area contributed by atoms with E-state index in [-0.39, 0.29) is 133 Å². The smallest absolute Gasteiger partial charge is 0.652 e. The summed E-state index contributed by atoms with van der Waals surface area (Å²) >= 11 is 0. The van der Waals surface area contributed by atoms with Crippen molar-refractivity contribution in [2.45, 2.75) is 0 Å². The van der Waals surface area contributed by atoms with Gasteiger partial charge in [-0.2, -0.15) is 0 Å². The largest absolute Gasteiger partial charge is 3.00 e. The maximum atomic E-state index is 8.33. The van der Waals surface area contributed by atoms with E-state index < -0.39 is 24.6 Å². The minimum atomic E-state index is -2.33. The Morgan fingerprint density at radius 3 is 0.474 bits per heavy atom. The Morgan fingerprint density at radius 1 is 0.474 bits per heavy atom. The Hall–Kier alpha value is 1.42. The van der Waals surface area contributed by atoms with Crippen LogP contribution in [0.5, 0.6) is 0 Å². The van der Waals surface area contributed by atoms with Crippen LogP contribution in [0.3, 0.4) is 0 Å². The van der Waals surface area contributed by atoms with Crippen molar-refractivity contribution in [3.8, 4) is 0 Å². The van der Waals surface area contributed by atoms with Crippen molar-refractivity contribution in [2.24, 2.45) is 0 Å². The molecule has 0 aromatic heterocycles. The molecule has 107 valence electrons. The van der Waals surface area contributed by atoms with E-state index in [1.807, 2.05) is 0 Å². The van der Waals surface area contributed by atoms with Gasteiger partial charge in [-0.15, -0.1) is 0 Å². The van der Waals surface area contributed by atoms with Crippen LogP contribution in [0.25, 0.3) is 0 Å². The Kier molecular flexibility index (Phi) is 82.3.